The highest BCUT2D eigenvalue weighted by Gasteiger charge is 2.33. The van der Waals surface area contributed by atoms with Gasteiger partial charge in [0.2, 0.25) is 0 Å². The zero-order valence-corrected chi connectivity index (χ0v) is 16.2. The molecule has 0 spiro atoms. The van der Waals surface area contributed by atoms with Gasteiger partial charge in [0.1, 0.15) is 10.8 Å². The van der Waals surface area contributed by atoms with E-state index >= 15 is 0 Å². The molecule has 0 saturated carbocycles. The fourth-order valence-corrected chi connectivity index (χ4v) is 3.08. The van der Waals surface area contributed by atoms with E-state index in [0.717, 1.165) is 16.8 Å². The van der Waals surface area contributed by atoms with Crippen LogP contribution in [0, 0.1) is 0 Å². The fourth-order valence-electron chi connectivity index (χ4n) is 2.19. The number of aliphatic imine (C=N–C) groups is 1. The quantitative estimate of drug-likeness (QED) is 0.377. The third kappa shape index (κ3) is 6.38. The highest BCUT2D eigenvalue weighted by atomic mass is 32.1. The van der Waals surface area contributed by atoms with Crippen molar-refractivity contribution >= 4 is 23.1 Å². The molecule has 0 amide bonds. The normalized spacial score (nSPS) is 12.3. The number of alkyl halides is 3. The molecular formula is C17H23F3N6S. The van der Waals surface area contributed by atoms with Gasteiger partial charge in [-0.2, -0.15) is 13.2 Å². The van der Waals surface area contributed by atoms with Crippen molar-refractivity contribution in [1.29, 1.82) is 0 Å². The number of halogens is 3. The van der Waals surface area contributed by atoms with Crippen LogP contribution in [0.1, 0.15) is 36.0 Å². The number of nitrogens with zero attached hydrogens (tertiary/aromatic N) is 3. The van der Waals surface area contributed by atoms with Gasteiger partial charge in [0, 0.05) is 31.7 Å². The second-order valence-electron chi connectivity index (χ2n) is 6.00. The Bertz CT molecular complexity index is 757. The Morgan fingerprint density at radius 2 is 2.04 bits per heavy atom. The van der Waals surface area contributed by atoms with E-state index in [1.54, 1.807) is 18.4 Å². The van der Waals surface area contributed by atoms with Crippen molar-refractivity contribution in [2.45, 2.75) is 32.5 Å². The summed E-state index contributed by atoms with van der Waals surface area (Å²) >= 11 is 1.58. The van der Waals surface area contributed by atoms with E-state index in [-0.39, 0.29) is 12.4 Å². The van der Waals surface area contributed by atoms with Gasteiger partial charge in [-0.05, 0) is 18.1 Å². The number of hydrogen-bond acceptors (Lipinski definition) is 5. The SMILES string of the molecule is CN=C(NCCNc1ncccc1C(F)(F)F)NCc1nc(C(C)C)cs1. The molecular weight excluding hydrogens is 377 g/mol. The lowest BCUT2D eigenvalue weighted by atomic mass is 10.2. The Morgan fingerprint density at radius 3 is 2.67 bits per heavy atom. The lowest BCUT2D eigenvalue weighted by molar-refractivity contribution is -0.137. The number of pyridine rings is 1. The Kier molecular flexibility index (Phi) is 7.40. The van der Waals surface area contributed by atoms with E-state index in [1.807, 2.05) is 5.38 Å². The first-order valence-corrected chi connectivity index (χ1v) is 9.34. The molecule has 148 valence electrons. The molecule has 2 heterocycles. The number of thiazole rings is 1. The van der Waals surface area contributed by atoms with Crippen LogP contribution in [-0.2, 0) is 12.7 Å². The van der Waals surface area contributed by atoms with Gasteiger partial charge in [-0.3, -0.25) is 4.99 Å². The van der Waals surface area contributed by atoms with Crippen molar-refractivity contribution in [1.82, 2.24) is 20.6 Å². The van der Waals surface area contributed by atoms with Gasteiger partial charge in [0.15, 0.2) is 5.96 Å². The first-order chi connectivity index (χ1) is 12.8. The van der Waals surface area contributed by atoms with E-state index < -0.39 is 11.7 Å². The Hall–Kier alpha value is -2.36. The zero-order valence-electron chi connectivity index (χ0n) is 15.4. The molecule has 0 atom stereocenters. The van der Waals surface area contributed by atoms with Crippen LogP contribution in [0.3, 0.4) is 0 Å². The van der Waals surface area contributed by atoms with Crippen LogP contribution in [0.15, 0.2) is 28.7 Å². The molecule has 0 saturated heterocycles. The average molecular weight is 400 g/mol. The number of rotatable bonds is 7. The first-order valence-electron chi connectivity index (χ1n) is 8.46. The minimum absolute atomic E-state index is 0.182. The number of nitrogens with one attached hydrogen (secondary N) is 3. The maximum atomic E-state index is 12.9. The summed E-state index contributed by atoms with van der Waals surface area (Å²) in [6.45, 7) is 5.35. The minimum Gasteiger partial charge on any atom is -0.368 e. The summed E-state index contributed by atoms with van der Waals surface area (Å²) in [6.07, 6.45) is -3.12. The van der Waals surface area contributed by atoms with Gasteiger partial charge in [0.05, 0.1) is 17.8 Å². The minimum atomic E-state index is -4.44. The molecule has 3 N–H and O–H groups in total. The van der Waals surface area contributed by atoms with E-state index in [0.29, 0.717) is 25.0 Å². The van der Waals surface area contributed by atoms with Crippen LogP contribution in [-0.4, -0.2) is 36.1 Å². The number of guanidine groups is 1. The molecule has 2 aromatic heterocycles. The summed E-state index contributed by atoms with van der Waals surface area (Å²) in [7, 11) is 1.63. The lowest BCUT2D eigenvalue weighted by Crippen LogP contribution is -2.39. The summed E-state index contributed by atoms with van der Waals surface area (Å²) in [5.41, 5.74) is 0.275. The molecule has 0 aliphatic carbocycles. The summed E-state index contributed by atoms with van der Waals surface area (Å²) < 4.78 is 38.8. The summed E-state index contributed by atoms with van der Waals surface area (Å²) in [5.74, 6) is 0.751. The Balaban J connectivity index is 1.78. The Labute approximate surface area is 160 Å². The van der Waals surface area contributed by atoms with Gasteiger partial charge in [0.25, 0.3) is 0 Å². The van der Waals surface area contributed by atoms with Crippen LogP contribution < -0.4 is 16.0 Å². The molecule has 0 aromatic carbocycles. The van der Waals surface area contributed by atoms with Crippen LogP contribution in [0.4, 0.5) is 19.0 Å². The second kappa shape index (κ2) is 9.54. The Morgan fingerprint density at radius 1 is 1.26 bits per heavy atom. The number of anilines is 1. The maximum Gasteiger partial charge on any atom is 0.419 e. The van der Waals surface area contributed by atoms with Crippen LogP contribution in [0.25, 0.3) is 0 Å². The van der Waals surface area contributed by atoms with Gasteiger partial charge in [-0.25, -0.2) is 9.97 Å². The third-order valence-electron chi connectivity index (χ3n) is 3.61. The predicted molar refractivity (Wildman–Crippen MR) is 102 cm³/mol. The largest absolute Gasteiger partial charge is 0.419 e. The van der Waals surface area contributed by atoms with E-state index in [4.69, 9.17) is 0 Å². The standard InChI is InChI=1S/C17H23F3N6S/c1-11(2)13-10-27-14(26-13)9-25-16(21-3)24-8-7-23-15-12(17(18,19)20)5-4-6-22-15/h4-6,10-11H,7-9H2,1-3H3,(H,22,23)(H2,21,24,25). The molecule has 0 aliphatic heterocycles. The van der Waals surface area contributed by atoms with Crippen LogP contribution in [0.5, 0.6) is 0 Å². The molecule has 10 heteroatoms. The second-order valence-corrected chi connectivity index (χ2v) is 6.94. The molecule has 2 aromatic rings. The maximum absolute atomic E-state index is 12.9. The van der Waals surface area contributed by atoms with Crippen LogP contribution >= 0.6 is 11.3 Å². The van der Waals surface area contributed by atoms with Crippen molar-refractivity contribution in [2.75, 3.05) is 25.5 Å². The summed E-state index contributed by atoms with van der Waals surface area (Å²) in [4.78, 5) is 12.4. The van der Waals surface area contributed by atoms with Crippen molar-refractivity contribution in [2.24, 2.45) is 4.99 Å². The lowest BCUT2D eigenvalue weighted by Gasteiger charge is -2.14. The van der Waals surface area contributed by atoms with Crippen LogP contribution in [0.2, 0.25) is 0 Å². The van der Waals surface area contributed by atoms with E-state index in [2.05, 4.69) is 44.8 Å². The topological polar surface area (TPSA) is 74.2 Å². The molecule has 27 heavy (non-hydrogen) atoms. The fraction of sp³-hybridized carbons (Fsp3) is 0.471. The van der Waals surface area contributed by atoms with E-state index in [1.165, 1.54) is 12.3 Å². The van der Waals surface area contributed by atoms with Gasteiger partial charge < -0.3 is 16.0 Å². The van der Waals surface area contributed by atoms with Crippen molar-refractivity contribution in [3.05, 3.63) is 40.0 Å². The van der Waals surface area contributed by atoms with Crippen molar-refractivity contribution in [3.63, 3.8) is 0 Å². The predicted octanol–water partition coefficient (Wildman–Crippen LogP) is 3.46. The van der Waals surface area contributed by atoms with E-state index in [9.17, 15) is 13.2 Å². The number of aromatic nitrogens is 2. The highest BCUT2D eigenvalue weighted by molar-refractivity contribution is 7.09. The monoisotopic (exact) mass is 400 g/mol. The smallest absolute Gasteiger partial charge is 0.368 e. The average Bonchev–Trinajstić information content (AvgIpc) is 3.10. The van der Waals surface area contributed by atoms with Gasteiger partial charge >= 0.3 is 6.18 Å². The van der Waals surface area contributed by atoms with Gasteiger partial charge in [-0.1, -0.05) is 13.8 Å². The molecule has 0 radical (unpaired) electrons. The summed E-state index contributed by atoms with van der Waals surface area (Å²) in [5, 5.41) is 11.9. The molecule has 0 fully saturated rings. The molecule has 0 unspecified atom stereocenters. The molecule has 6 nitrogen and oxygen atoms in total. The number of hydrogen-bond donors (Lipinski definition) is 3. The van der Waals surface area contributed by atoms with Gasteiger partial charge in [-0.15, -0.1) is 11.3 Å². The van der Waals surface area contributed by atoms with Crippen molar-refractivity contribution < 1.29 is 13.2 Å². The molecule has 0 aliphatic rings. The summed E-state index contributed by atoms with van der Waals surface area (Å²) in [6, 6.07) is 2.27. The molecule has 2 rings (SSSR count). The van der Waals surface area contributed by atoms with Crippen molar-refractivity contribution in [3.8, 4) is 0 Å². The first kappa shape index (κ1) is 20.9. The molecule has 0 bridgehead atoms. The highest BCUT2D eigenvalue weighted by Crippen LogP contribution is 2.33. The zero-order chi connectivity index (χ0) is 19.9. The third-order valence-corrected chi connectivity index (χ3v) is 4.48.